The molecule has 0 saturated carbocycles. The fourth-order valence-corrected chi connectivity index (χ4v) is 6.22. The van der Waals surface area contributed by atoms with Crippen LogP contribution in [0.4, 0.5) is 17.2 Å². The van der Waals surface area contributed by atoms with Crippen molar-refractivity contribution in [3.8, 4) is 22.4 Å². The summed E-state index contributed by atoms with van der Waals surface area (Å²) in [5.41, 5.74) is 6.68. The lowest BCUT2D eigenvalue weighted by Crippen LogP contribution is -2.11. The molecule has 0 aliphatic carbocycles. The van der Waals surface area contributed by atoms with E-state index in [1.54, 1.807) is 0 Å². The molecule has 0 saturated heterocycles. The highest BCUT2D eigenvalue weighted by molar-refractivity contribution is 6.21. The molecule has 0 N–H and O–H groups in total. The molecule has 6 aromatic carbocycles. The summed E-state index contributed by atoms with van der Waals surface area (Å²) in [6, 6.07) is 53.5. The molecule has 0 amide bonds. The topological polar surface area (TPSA) is 29.0 Å². The number of nitrogens with zero attached hydrogens (tertiary/aromatic N) is 3. The number of anilines is 3. The average Bonchev–Trinajstić information content (AvgIpc) is 3.08. The molecule has 8 rings (SSSR count). The van der Waals surface area contributed by atoms with E-state index in [-0.39, 0.29) is 0 Å². The quantitative estimate of drug-likeness (QED) is 0.200. The van der Waals surface area contributed by atoms with Crippen molar-refractivity contribution in [1.29, 1.82) is 0 Å². The highest BCUT2D eigenvalue weighted by atomic mass is 15.2. The van der Waals surface area contributed by atoms with Gasteiger partial charge in [0, 0.05) is 29.3 Å². The van der Waals surface area contributed by atoms with Crippen molar-refractivity contribution in [3.63, 3.8) is 0 Å². The number of benzene rings is 6. The maximum absolute atomic E-state index is 4.75. The summed E-state index contributed by atoms with van der Waals surface area (Å²) in [7, 11) is 0. The van der Waals surface area contributed by atoms with E-state index >= 15 is 0 Å². The molecule has 8 aromatic rings. The molecule has 2 aromatic heterocycles. The minimum Gasteiger partial charge on any atom is -0.295 e. The van der Waals surface area contributed by atoms with Crippen LogP contribution in [0.25, 0.3) is 54.7 Å². The summed E-state index contributed by atoms with van der Waals surface area (Å²) in [5, 5.41) is 7.24. The van der Waals surface area contributed by atoms with Gasteiger partial charge in [0.25, 0.3) is 0 Å². The first-order valence-electron chi connectivity index (χ1n) is 14.5. The van der Waals surface area contributed by atoms with Gasteiger partial charge in [0.05, 0.1) is 5.69 Å². The maximum Gasteiger partial charge on any atom is 0.137 e. The molecule has 0 aliphatic heterocycles. The van der Waals surface area contributed by atoms with E-state index in [2.05, 4.69) is 138 Å². The van der Waals surface area contributed by atoms with Crippen molar-refractivity contribution in [2.24, 2.45) is 0 Å². The summed E-state index contributed by atoms with van der Waals surface area (Å²) in [6.45, 7) is 0. The Kier molecular flexibility index (Phi) is 6.12. The van der Waals surface area contributed by atoms with Crippen molar-refractivity contribution < 1.29 is 0 Å². The lowest BCUT2D eigenvalue weighted by atomic mass is 9.87. The van der Waals surface area contributed by atoms with E-state index in [9.17, 15) is 0 Å². The molecule has 202 valence electrons. The van der Waals surface area contributed by atoms with E-state index in [1.807, 2.05) is 30.6 Å². The van der Waals surface area contributed by atoms with Gasteiger partial charge in [-0.05, 0) is 92.0 Å². The molecule has 0 unspecified atom stereocenters. The Balaban J connectivity index is 1.31. The van der Waals surface area contributed by atoms with Crippen LogP contribution >= 0.6 is 0 Å². The number of hydrogen-bond acceptors (Lipinski definition) is 3. The van der Waals surface area contributed by atoms with Crippen LogP contribution in [0.5, 0.6) is 0 Å². The van der Waals surface area contributed by atoms with Crippen LogP contribution in [-0.4, -0.2) is 9.97 Å². The number of aromatic nitrogens is 2. The summed E-state index contributed by atoms with van der Waals surface area (Å²) in [4.78, 5) is 11.7. The molecule has 0 radical (unpaired) electrons. The van der Waals surface area contributed by atoms with Gasteiger partial charge in [-0.1, -0.05) is 103 Å². The third-order valence-electron chi connectivity index (χ3n) is 8.14. The molecule has 0 atom stereocenters. The Morgan fingerprint density at radius 1 is 0.395 bits per heavy atom. The van der Waals surface area contributed by atoms with Crippen molar-refractivity contribution in [3.05, 3.63) is 164 Å². The zero-order valence-electron chi connectivity index (χ0n) is 23.4. The predicted octanol–water partition coefficient (Wildman–Crippen LogP) is 10.7. The second-order valence-electron chi connectivity index (χ2n) is 10.7. The van der Waals surface area contributed by atoms with Crippen LogP contribution in [-0.2, 0) is 0 Å². The minimum atomic E-state index is 0.876. The number of fused-ring (bicyclic) bond motifs is 3. The number of rotatable bonds is 5. The van der Waals surface area contributed by atoms with Crippen LogP contribution in [0.3, 0.4) is 0 Å². The van der Waals surface area contributed by atoms with Gasteiger partial charge >= 0.3 is 0 Å². The first kappa shape index (κ1) is 25.0. The largest absolute Gasteiger partial charge is 0.295 e. The van der Waals surface area contributed by atoms with Gasteiger partial charge in [0.15, 0.2) is 0 Å². The lowest BCUT2D eigenvalue weighted by Gasteiger charge is -2.25. The minimum absolute atomic E-state index is 0.876. The van der Waals surface area contributed by atoms with E-state index in [1.165, 1.54) is 49.0 Å². The van der Waals surface area contributed by atoms with Crippen LogP contribution in [0.2, 0.25) is 0 Å². The molecule has 0 aliphatic rings. The van der Waals surface area contributed by atoms with Crippen LogP contribution in [0, 0.1) is 0 Å². The smallest absolute Gasteiger partial charge is 0.137 e. The molecular formula is C40H27N3. The zero-order chi connectivity index (χ0) is 28.6. The summed E-state index contributed by atoms with van der Waals surface area (Å²) in [6.07, 6.45) is 3.72. The van der Waals surface area contributed by atoms with Gasteiger partial charge in [-0.25, -0.2) is 4.98 Å². The standard InChI is InChI=1S/C40H27N3/c1-2-12-30-27-32(24-19-28(30)11-1)43(38-18-8-10-26-42-38)31-22-20-29(21-23-31)39-33-13-3-5-15-35(33)40(37-17-7-9-25-41-37)36-16-6-4-14-34(36)39/h1-27H. The average molecular weight is 550 g/mol. The van der Waals surface area contributed by atoms with Crippen molar-refractivity contribution in [2.45, 2.75) is 0 Å². The second-order valence-corrected chi connectivity index (χ2v) is 10.7. The third kappa shape index (κ3) is 4.39. The normalized spacial score (nSPS) is 11.3. The molecule has 0 fully saturated rings. The van der Waals surface area contributed by atoms with Crippen LogP contribution in [0.1, 0.15) is 0 Å². The van der Waals surface area contributed by atoms with Crippen molar-refractivity contribution in [1.82, 2.24) is 9.97 Å². The molecule has 0 bridgehead atoms. The fraction of sp³-hybridized carbons (Fsp3) is 0. The SMILES string of the molecule is c1ccc(-c2c3ccccc3c(-c3ccc(N(c4ccc5ccccc5c4)c4ccccn4)cc3)c3ccccc23)nc1. The van der Waals surface area contributed by atoms with Crippen LogP contribution < -0.4 is 4.90 Å². The van der Waals surface area contributed by atoms with Gasteiger partial charge in [-0.2, -0.15) is 0 Å². The molecule has 43 heavy (non-hydrogen) atoms. The lowest BCUT2D eigenvalue weighted by molar-refractivity contribution is 1.18. The van der Waals surface area contributed by atoms with Gasteiger partial charge < -0.3 is 0 Å². The van der Waals surface area contributed by atoms with Gasteiger partial charge in [-0.15, -0.1) is 0 Å². The Morgan fingerprint density at radius 3 is 1.58 bits per heavy atom. The Morgan fingerprint density at radius 2 is 0.953 bits per heavy atom. The third-order valence-corrected chi connectivity index (χ3v) is 8.14. The first-order valence-corrected chi connectivity index (χ1v) is 14.5. The fourth-order valence-electron chi connectivity index (χ4n) is 6.22. The maximum atomic E-state index is 4.75. The van der Waals surface area contributed by atoms with E-state index in [0.29, 0.717) is 0 Å². The molecule has 3 nitrogen and oxygen atoms in total. The second kappa shape index (κ2) is 10.6. The summed E-state index contributed by atoms with van der Waals surface area (Å²) < 4.78 is 0. The predicted molar refractivity (Wildman–Crippen MR) is 180 cm³/mol. The highest BCUT2D eigenvalue weighted by Crippen LogP contribution is 2.44. The van der Waals surface area contributed by atoms with Gasteiger partial charge in [0.1, 0.15) is 5.82 Å². The van der Waals surface area contributed by atoms with Gasteiger partial charge in [-0.3, -0.25) is 9.88 Å². The van der Waals surface area contributed by atoms with E-state index < -0.39 is 0 Å². The van der Waals surface area contributed by atoms with E-state index in [4.69, 9.17) is 9.97 Å². The Hall–Kier alpha value is -5.80. The van der Waals surface area contributed by atoms with Crippen molar-refractivity contribution >= 4 is 49.5 Å². The first-order chi connectivity index (χ1) is 21.3. The molecule has 0 spiro atoms. The summed E-state index contributed by atoms with van der Waals surface area (Å²) in [5.74, 6) is 0.876. The summed E-state index contributed by atoms with van der Waals surface area (Å²) >= 11 is 0. The monoisotopic (exact) mass is 549 g/mol. The van der Waals surface area contributed by atoms with Crippen molar-refractivity contribution in [2.75, 3.05) is 4.90 Å². The zero-order valence-corrected chi connectivity index (χ0v) is 23.4. The van der Waals surface area contributed by atoms with Crippen LogP contribution in [0.15, 0.2) is 164 Å². The van der Waals surface area contributed by atoms with E-state index in [0.717, 1.165) is 22.9 Å². The molecule has 2 heterocycles. The number of pyridine rings is 2. The Bertz CT molecular complexity index is 2170. The Labute approximate surface area is 250 Å². The van der Waals surface area contributed by atoms with Gasteiger partial charge in [0.2, 0.25) is 0 Å². The highest BCUT2D eigenvalue weighted by Gasteiger charge is 2.18. The number of hydrogen-bond donors (Lipinski definition) is 0. The molecular weight excluding hydrogens is 522 g/mol. The molecule has 3 heteroatoms.